The highest BCUT2D eigenvalue weighted by atomic mass is 16.3. The summed E-state index contributed by atoms with van der Waals surface area (Å²) in [7, 11) is 0. The average molecular weight is 620 g/mol. The maximum atomic E-state index is 10.6. The molecule has 0 fully saturated rings. The van der Waals surface area contributed by atoms with E-state index in [1.165, 1.54) is 22.3 Å². The van der Waals surface area contributed by atoms with Crippen LogP contribution < -0.4 is 0 Å². The Morgan fingerprint density at radius 1 is 0.604 bits per heavy atom. The van der Waals surface area contributed by atoms with Crippen LogP contribution in [-0.4, -0.2) is 9.38 Å². The fourth-order valence-corrected chi connectivity index (χ4v) is 7.63. The molecule has 9 aromatic rings. The molecule has 0 atom stereocenters. The standard InChI is InChI=1S/C44H33N3O/c1-25(2)32-18-28(27-12-6-5-7-13-27)19-33(26(3)4)43(32)34-21-36-37-22-40-35(23-42(37)48-41(36)20-29(34)24-45)30-14-8-9-15-31(30)44-46-38-16-10-11-17-39(38)47(40)44/h5-23,25-26H,1-4H3. The molecular formula is C44H33N3O. The van der Waals surface area contributed by atoms with Gasteiger partial charge in [-0.3, -0.25) is 4.40 Å². The van der Waals surface area contributed by atoms with E-state index in [0.717, 1.165) is 71.4 Å². The normalized spacial score (nSPS) is 12.1. The van der Waals surface area contributed by atoms with Gasteiger partial charge in [0.05, 0.1) is 28.2 Å². The van der Waals surface area contributed by atoms with Crippen LogP contribution in [0.2, 0.25) is 0 Å². The van der Waals surface area contributed by atoms with Gasteiger partial charge in [0.15, 0.2) is 0 Å². The smallest absolute Gasteiger partial charge is 0.146 e. The van der Waals surface area contributed by atoms with E-state index in [1.807, 2.05) is 12.1 Å². The molecule has 0 aliphatic carbocycles. The quantitative estimate of drug-likeness (QED) is 0.184. The number of nitriles is 1. The van der Waals surface area contributed by atoms with E-state index >= 15 is 0 Å². The van der Waals surface area contributed by atoms with Gasteiger partial charge in [-0.15, -0.1) is 0 Å². The lowest BCUT2D eigenvalue weighted by Crippen LogP contribution is -2.02. The molecule has 48 heavy (non-hydrogen) atoms. The Morgan fingerprint density at radius 2 is 1.25 bits per heavy atom. The van der Waals surface area contributed by atoms with Crippen LogP contribution in [0, 0.1) is 11.3 Å². The Hall–Kier alpha value is -5.92. The molecule has 4 nitrogen and oxygen atoms in total. The number of aromatic nitrogens is 2. The first kappa shape index (κ1) is 28.3. The molecule has 0 aliphatic heterocycles. The Morgan fingerprint density at radius 3 is 1.98 bits per heavy atom. The van der Waals surface area contributed by atoms with Gasteiger partial charge in [-0.1, -0.05) is 107 Å². The third-order valence-electron chi connectivity index (χ3n) is 9.93. The Bertz CT molecular complexity index is 2760. The molecule has 0 amide bonds. The van der Waals surface area contributed by atoms with Gasteiger partial charge in [0.25, 0.3) is 0 Å². The Labute approximate surface area is 278 Å². The minimum absolute atomic E-state index is 0.254. The molecule has 0 radical (unpaired) electrons. The van der Waals surface area contributed by atoms with Crippen molar-refractivity contribution in [2.45, 2.75) is 39.5 Å². The number of imidazole rings is 1. The van der Waals surface area contributed by atoms with Gasteiger partial charge in [-0.25, -0.2) is 4.98 Å². The summed E-state index contributed by atoms with van der Waals surface area (Å²) in [5.41, 5.74) is 13.2. The lowest BCUT2D eigenvalue weighted by Gasteiger charge is -2.23. The number of benzene rings is 6. The van der Waals surface area contributed by atoms with Gasteiger partial charge < -0.3 is 4.42 Å². The van der Waals surface area contributed by atoms with Crippen molar-refractivity contribution in [3.05, 3.63) is 132 Å². The molecule has 0 aliphatic rings. The van der Waals surface area contributed by atoms with Crippen molar-refractivity contribution in [3.63, 3.8) is 0 Å². The number of rotatable bonds is 4. The second-order valence-corrected chi connectivity index (χ2v) is 13.5. The molecule has 4 heteroatoms. The molecule has 230 valence electrons. The zero-order chi connectivity index (χ0) is 32.7. The van der Waals surface area contributed by atoms with Crippen LogP contribution in [0.15, 0.2) is 120 Å². The van der Waals surface area contributed by atoms with Gasteiger partial charge in [-0.05, 0) is 81.4 Å². The third-order valence-corrected chi connectivity index (χ3v) is 9.93. The maximum Gasteiger partial charge on any atom is 0.146 e. The molecular weight excluding hydrogens is 587 g/mol. The van der Waals surface area contributed by atoms with Gasteiger partial charge in [-0.2, -0.15) is 5.26 Å². The Balaban J connectivity index is 1.38. The van der Waals surface area contributed by atoms with Gasteiger partial charge in [0.2, 0.25) is 0 Å². The Kier molecular flexibility index (Phi) is 6.22. The molecule has 0 saturated heterocycles. The number of para-hydroxylation sites is 2. The predicted octanol–water partition coefficient (Wildman–Crippen LogP) is 12.1. The predicted molar refractivity (Wildman–Crippen MR) is 199 cm³/mol. The van der Waals surface area contributed by atoms with E-state index in [2.05, 4.69) is 141 Å². The number of fused-ring (bicyclic) bond motifs is 11. The van der Waals surface area contributed by atoms with Gasteiger partial charge >= 0.3 is 0 Å². The highest BCUT2D eigenvalue weighted by molar-refractivity contribution is 6.19. The van der Waals surface area contributed by atoms with E-state index in [1.54, 1.807) is 0 Å². The van der Waals surface area contributed by atoms with Crippen LogP contribution in [-0.2, 0) is 0 Å². The number of hydrogen-bond donors (Lipinski definition) is 0. The van der Waals surface area contributed by atoms with E-state index in [9.17, 15) is 5.26 Å². The summed E-state index contributed by atoms with van der Waals surface area (Å²) >= 11 is 0. The van der Waals surface area contributed by atoms with Crippen molar-refractivity contribution < 1.29 is 4.42 Å². The molecule has 0 N–H and O–H groups in total. The van der Waals surface area contributed by atoms with E-state index in [4.69, 9.17) is 9.40 Å². The third kappa shape index (κ3) is 4.11. The lowest BCUT2D eigenvalue weighted by atomic mass is 9.81. The molecule has 6 aromatic carbocycles. The molecule has 3 heterocycles. The summed E-state index contributed by atoms with van der Waals surface area (Å²) in [6.45, 7) is 8.97. The van der Waals surface area contributed by atoms with Gasteiger partial charge in [0.1, 0.15) is 16.8 Å². The largest absolute Gasteiger partial charge is 0.456 e. The van der Waals surface area contributed by atoms with E-state index in [0.29, 0.717) is 5.56 Å². The number of hydrogen-bond acceptors (Lipinski definition) is 3. The van der Waals surface area contributed by atoms with Crippen molar-refractivity contribution in [1.29, 1.82) is 5.26 Å². The molecule has 9 rings (SSSR count). The van der Waals surface area contributed by atoms with Crippen LogP contribution in [0.3, 0.4) is 0 Å². The highest BCUT2D eigenvalue weighted by Gasteiger charge is 2.23. The monoisotopic (exact) mass is 619 g/mol. The topological polar surface area (TPSA) is 54.2 Å². The van der Waals surface area contributed by atoms with Crippen LogP contribution in [0.1, 0.15) is 56.2 Å². The molecule has 0 bridgehead atoms. The summed E-state index contributed by atoms with van der Waals surface area (Å²) in [6, 6.07) is 43.1. The summed E-state index contributed by atoms with van der Waals surface area (Å²) in [5.74, 6) is 0.508. The zero-order valence-electron chi connectivity index (χ0n) is 27.4. The summed E-state index contributed by atoms with van der Waals surface area (Å²) in [6.07, 6.45) is 0. The van der Waals surface area contributed by atoms with Crippen LogP contribution in [0.25, 0.3) is 82.5 Å². The number of furan rings is 1. The van der Waals surface area contributed by atoms with Crippen molar-refractivity contribution in [1.82, 2.24) is 9.38 Å². The van der Waals surface area contributed by atoms with Crippen LogP contribution in [0.5, 0.6) is 0 Å². The molecule has 0 spiro atoms. The first-order valence-corrected chi connectivity index (χ1v) is 16.7. The van der Waals surface area contributed by atoms with Crippen LogP contribution in [0.4, 0.5) is 0 Å². The average Bonchev–Trinajstić information content (AvgIpc) is 3.68. The molecule has 0 saturated carbocycles. The summed E-state index contributed by atoms with van der Waals surface area (Å²) < 4.78 is 8.86. The van der Waals surface area contributed by atoms with E-state index < -0.39 is 0 Å². The first-order chi connectivity index (χ1) is 23.4. The van der Waals surface area contributed by atoms with Crippen molar-refractivity contribution in [2.75, 3.05) is 0 Å². The van der Waals surface area contributed by atoms with E-state index in [-0.39, 0.29) is 11.8 Å². The SMILES string of the molecule is CC(C)c1cc(-c2ccccc2)cc(C(C)C)c1-c1cc2c(cc1C#N)oc1cc3c4ccccc4c4nc5ccccc5n4c3cc12. The summed E-state index contributed by atoms with van der Waals surface area (Å²) in [4.78, 5) is 5.08. The van der Waals surface area contributed by atoms with Crippen molar-refractivity contribution >= 4 is 60.3 Å². The molecule has 3 aromatic heterocycles. The van der Waals surface area contributed by atoms with Gasteiger partial charge in [0, 0.05) is 27.1 Å². The second kappa shape index (κ2) is 10.6. The highest BCUT2D eigenvalue weighted by Crippen LogP contribution is 2.44. The lowest BCUT2D eigenvalue weighted by molar-refractivity contribution is 0.669. The zero-order valence-corrected chi connectivity index (χ0v) is 27.4. The van der Waals surface area contributed by atoms with Crippen LogP contribution >= 0.6 is 0 Å². The van der Waals surface area contributed by atoms with Crippen molar-refractivity contribution in [3.8, 4) is 28.3 Å². The minimum Gasteiger partial charge on any atom is -0.456 e. The fraction of sp³-hybridized carbons (Fsp3) is 0.136. The first-order valence-electron chi connectivity index (χ1n) is 16.7. The number of nitrogens with zero attached hydrogens (tertiary/aromatic N) is 3. The second-order valence-electron chi connectivity index (χ2n) is 13.5. The fourth-order valence-electron chi connectivity index (χ4n) is 7.63. The summed E-state index contributed by atoms with van der Waals surface area (Å²) in [5, 5.41) is 15.9. The van der Waals surface area contributed by atoms with Crippen molar-refractivity contribution in [2.24, 2.45) is 0 Å². The molecule has 0 unspecified atom stereocenters. The number of pyridine rings is 1. The maximum absolute atomic E-state index is 10.6. The minimum atomic E-state index is 0.254.